The van der Waals surface area contributed by atoms with Crippen LogP contribution < -0.4 is 5.32 Å². The summed E-state index contributed by atoms with van der Waals surface area (Å²) in [5.41, 5.74) is 0.955. The molecule has 3 nitrogen and oxygen atoms in total. The van der Waals surface area contributed by atoms with E-state index < -0.39 is 0 Å². The quantitative estimate of drug-likeness (QED) is 0.819. The summed E-state index contributed by atoms with van der Waals surface area (Å²) in [7, 11) is 0. The molecule has 0 bridgehead atoms. The Morgan fingerprint density at radius 2 is 2.05 bits per heavy atom. The van der Waals surface area contributed by atoms with Gasteiger partial charge in [-0.25, -0.2) is 0 Å². The molecule has 1 saturated carbocycles. The van der Waals surface area contributed by atoms with Crippen LogP contribution in [0.5, 0.6) is 0 Å². The van der Waals surface area contributed by atoms with Crippen LogP contribution in [-0.4, -0.2) is 36.5 Å². The van der Waals surface area contributed by atoms with E-state index in [2.05, 4.69) is 29.3 Å². The average molecular weight is 300 g/mol. The molecule has 1 aromatic rings. The number of nitrogens with zero attached hydrogens (tertiary/aromatic N) is 1. The number of piperidine rings is 1. The lowest BCUT2D eigenvalue weighted by Crippen LogP contribution is -2.40. The van der Waals surface area contributed by atoms with Crippen molar-refractivity contribution in [3.63, 3.8) is 0 Å². The minimum absolute atomic E-state index is 0.223. The number of hydrogen-bond acceptors (Lipinski definition) is 2. The predicted molar refractivity (Wildman–Crippen MR) is 89.9 cm³/mol. The zero-order valence-electron chi connectivity index (χ0n) is 13.7. The van der Waals surface area contributed by atoms with Gasteiger partial charge in [-0.05, 0) is 51.1 Å². The molecule has 3 rings (SSSR count). The Bertz CT molecular complexity index is 495. The third kappa shape index (κ3) is 3.35. The lowest BCUT2D eigenvalue weighted by atomic mass is 9.95. The molecule has 1 aliphatic heterocycles. The van der Waals surface area contributed by atoms with Crippen molar-refractivity contribution in [3.05, 3.63) is 35.9 Å². The number of rotatable bonds is 6. The van der Waals surface area contributed by atoms with E-state index in [1.54, 1.807) is 0 Å². The zero-order chi connectivity index (χ0) is 15.4. The molecule has 1 N–H and O–H groups in total. The molecule has 0 radical (unpaired) electrons. The first-order valence-electron chi connectivity index (χ1n) is 8.80. The van der Waals surface area contributed by atoms with Crippen molar-refractivity contribution in [2.24, 2.45) is 0 Å². The Balaban J connectivity index is 1.43. The summed E-state index contributed by atoms with van der Waals surface area (Å²) in [6.45, 7) is 5.46. The lowest BCUT2D eigenvalue weighted by Gasteiger charge is -2.33. The number of benzene rings is 1. The number of likely N-dealkylation sites (tertiary alicyclic amines) is 1. The van der Waals surface area contributed by atoms with Gasteiger partial charge in [0.1, 0.15) is 0 Å². The molecule has 22 heavy (non-hydrogen) atoms. The minimum atomic E-state index is -0.223. The zero-order valence-corrected chi connectivity index (χ0v) is 13.7. The highest BCUT2D eigenvalue weighted by Crippen LogP contribution is 2.48. The van der Waals surface area contributed by atoms with E-state index in [9.17, 15) is 4.79 Å². The van der Waals surface area contributed by atoms with Crippen molar-refractivity contribution in [1.82, 2.24) is 10.2 Å². The molecule has 2 aliphatic rings. The average Bonchev–Trinajstić information content (AvgIpc) is 3.36. The molecule has 2 fully saturated rings. The fraction of sp³-hybridized carbons (Fsp3) is 0.632. The SMILES string of the molecule is CC1CCCCN1CCCNC(=O)C1(c2ccccc2)CC1. The van der Waals surface area contributed by atoms with Gasteiger partial charge >= 0.3 is 0 Å². The number of hydrogen-bond donors (Lipinski definition) is 1. The first kappa shape index (κ1) is 15.5. The van der Waals surface area contributed by atoms with Gasteiger partial charge in [-0.15, -0.1) is 0 Å². The molecule has 1 aliphatic carbocycles. The number of carbonyl (C=O) groups excluding carboxylic acids is 1. The second-order valence-corrected chi connectivity index (χ2v) is 6.94. The van der Waals surface area contributed by atoms with Gasteiger partial charge in [0.15, 0.2) is 0 Å². The highest BCUT2D eigenvalue weighted by molar-refractivity contribution is 5.91. The third-order valence-corrected chi connectivity index (χ3v) is 5.36. The van der Waals surface area contributed by atoms with Crippen LogP contribution in [-0.2, 0) is 10.2 Å². The number of amides is 1. The van der Waals surface area contributed by atoms with Crippen LogP contribution >= 0.6 is 0 Å². The van der Waals surface area contributed by atoms with E-state index in [0.717, 1.165) is 32.4 Å². The highest BCUT2D eigenvalue weighted by atomic mass is 16.2. The van der Waals surface area contributed by atoms with E-state index >= 15 is 0 Å². The van der Waals surface area contributed by atoms with Crippen molar-refractivity contribution in [2.75, 3.05) is 19.6 Å². The molecule has 3 heteroatoms. The largest absolute Gasteiger partial charge is 0.355 e. The standard InChI is InChI=1S/C19H28N2O/c1-16-8-5-6-14-21(16)15-7-13-20-18(22)19(11-12-19)17-9-3-2-4-10-17/h2-4,9-10,16H,5-8,11-15H2,1H3,(H,20,22). The topological polar surface area (TPSA) is 32.3 Å². The van der Waals surface area contributed by atoms with E-state index in [4.69, 9.17) is 0 Å². The van der Waals surface area contributed by atoms with Gasteiger partial charge in [0, 0.05) is 19.1 Å². The summed E-state index contributed by atoms with van der Waals surface area (Å²) in [4.78, 5) is 15.1. The molecular weight excluding hydrogens is 272 g/mol. The number of carbonyl (C=O) groups is 1. The fourth-order valence-corrected chi connectivity index (χ4v) is 3.67. The van der Waals surface area contributed by atoms with E-state index in [1.165, 1.54) is 31.4 Å². The first-order valence-corrected chi connectivity index (χ1v) is 8.80. The van der Waals surface area contributed by atoms with Crippen molar-refractivity contribution in [2.45, 2.75) is 56.9 Å². The minimum Gasteiger partial charge on any atom is -0.355 e. The smallest absolute Gasteiger partial charge is 0.230 e. The fourth-order valence-electron chi connectivity index (χ4n) is 3.67. The van der Waals surface area contributed by atoms with Crippen LogP contribution in [0.15, 0.2) is 30.3 Å². The molecule has 1 unspecified atom stereocenters. The number of nitrogens with one attached hydrogen (secondary N) is 1. The van der Waals surface area contributed by atoms with Crippen molar-refractivity contribution < 1.29 is 4.79 Å². The molecule has 0 aromatic heterocycles. The summed E-state index contributed by atoms with van der Waals surface area (Å²) in [5.74, 6) is 0.227. The van der Waals surface area contributed by atoms with Crippen LogP contribution in [0.25, 0.3) is 0 Å². The maximum Gasteiger partial charge on any atom is 0.230 e. The Labute approximate surface area is 134 Å². The van der Waals surface area contributed by atoms with E-state index in [0.29, 0.717) is 6.04 Å². The summed E-state index contributed by atoms with van der Waals surface area (Å²) in [6.07, 6.45) is 7.06. The maximum atomic E-state index is 12.5. The Morgan fingerprint density at radius 3 is 2.73 bits per heavy atom. The second kappa shape index (κ2) is 6.82. The monoisotopic (exact) mass is 300 g/mol. The van der Waals surface area contributed by atoms with Crippen LogP contribution in [0, 0.1) is 0 Å². The van der Waals surface area contributed by atoms with Gasteiger partial charge < -0.3 is 10.2 Å². The lowest BCUT2D eigenvalue weighted by molar-refractivity contribution is -0.123. The van der Waals surface area contributed by atoms with Crippen molar-refractivity contribution in [1.29, 1.82) is 0 Å². The summed E-state index contributed by atoms with van der Waals surface area (Å²) >= 11 is 0. The van der Waals surface area contributed by atoms with Gasteiger partial charge in [-0.2, -0.15) is 0 Å². The molecule has 1 saturated heterocycles. The molecule has 120 valence electrons. The first-order chi connectivity index (χ1) is 10.7. The van der Waals surface area contributed by atoms with Crippen LogP contribution in [0.1, 0.15) is 51.0 Å². The molecule has 1 heterocycles. The maximum absolute atomic E-state index is 12.5. The Hall–Kier alpha value is -1.35. The summed E-state index contributed by atoms with van der Waals surface area (Å²) < 4.78 is 0. The summed E-state index contributed by atoms with van der Waals surface area (Å²) in [5, 5.41) is 3.17. The second-order valence-electron chi connectivity index (χ2n) is 6.94. The van der Waals surface area contributed by atoms with Gasteiger partial charge in [0.2, 0.25) is 5.91 Å². The molecule has 1 amide bonds. The van der Waals surface area contributed by atoms with E-state index in [1.807, 2.05) is 18.2 Å². The predicted octanol–water partition coefficient (Wildman–Crippen LogP) is 3.10. The Morgan fingerprint density at radius 1 is 1.27 bits per heavy atom. The van der Waals surface area contributed by atoms with E-state index in [-0.39, 0.29) is 11.3 Å². The van der Waals surface area contributed by atoms with Crippen LogP contribution in [0.4, 0.5) is 0 Å². The molecule has 1 atom stereocenters. The van der Waals surface area contributed by atoms with Gasteiger partial charge in [-0.3, -0.25) is 4.79 Å². The molecule has 1 aromatic carbocycles. The van der Waals surface area contributed by atoms with Crippen LogP contribution in [0.2, 0.25) is 0 Å². The molecule has 0 spiro atoms. The van der Waals surface area contributed by atoms with Crippen LogP contribution in [0.3, 0.4) is 0 Å². The van der Waals surface area contributed by atoms with Crippen molar-refractivity contribution in [3.8, 4) is 0 Å². The van der Waals surface area contributed by atoms with Gasteiger partial charge in [0.05, 0.1) is 5.41 Å². The molecular formula is C19H28N2O. The normalized spacial score (nSPS) is 24.0. The Kier molecular flexibility index (Phi) is 4.82. The highest BCUT2D eigenvalue weighted by Gasteiger charge is 2.50. The van der Waals surface area contributed by atoms with Gasteiger partial charge in [-0.1, -0.05) is 36.8 Å². The van der Waals surface area contributed by atoms with Crippen molar-refractivity contribution >= 4 is 5.91 Å². The van der Waals surface area contributed by atoms with Gasteiger partial charge in [0.25, 0.3) is 0 Å². The summed E-state index contributed by atoms with van der Waals surface area (Å²) in [6, 6.07) is 10.9. The third-order valence-electron chi connectivity index (χ3n) is 5.36.